The predicted molar refractivity (Wildman–Crippen MR) is 76.0 cm³/mol. The van der Waals surface area contributed by atoms with Gasteiger partial charge in [0.05, 0.1) is 10.6 Å². The molecule has 19 heavy (non-hydrogen) atoms. The van der Waals surface area contributed by atoms with Crippen LogP contribution in [0.5, 0.6) is 0 Å². The highest BCUT2D eigenvalue weighted by atomic mass is 16.6. The lowest BCUT2D eigenvalue weighted by Crippen LogP contribution is -2.19. The summed E-state index contributed by atoms with van der Waals surface area (Å²) in [4.78, 5) is 10.7. The van der Waals surface area contributed by atoms with Gasteiger partial charge in [-0.2, -0.15) is 0 Å². The molecule has 1 aromatic rings. The molecule has 106 valence electrons. The highest BCUT2D eigenvalue weighted by molar-refractivity contribution is 5.82. The van der Waals surface area contributed by atoms with Crippen molar-refractivity contribution < 1.29 is 10.1 Å². The van der Waals surface area contributed by atoms with Gasteiger partial charge >= 0.3 is 0 Å². The Kier molecular flexibility index (Phi) is 5.11. The van der Waals surface area contributed by atoms with E-state index in [2.05, 4.69) is 10.8 Å². The minimum Gasteiger partial charge on any atom is -0.375 e. The molecule has 0 aromatic heterocycles. The molecule has 0 heterocycles. The number of nitro groups is 1. The third-order valence-electron chi connectivity index (χ3n) is 3.47. The predicted octanol–water partition coefficient (Wildman–Crippen LogP) is 3.61. The molecule has 0 radical (unpaired) electrons. The molecule has 6 nitrogen and oxygen atoms in total. The maximum Gasteiger partial charge on any atom is 0.294 e. The molecule has 1 aromatic carbocycles. The van der Waals surface area contributed by atoms with Gasteiger partial charge < -0.3 is 5.32 Å². The van der Waals surface area contributed by atoms with Crippen molar-refractivity contribution in [2.24, 2.45) is 0 Å². The molecular formula is C13H21N3O3. The number of nitrogens with zero attached hydrogens (tertiary/aromatic N) is 1. The molecule has 0 bridgehead atoms. The van der Waals surface area contributed by atoms with Crippen molar-refractivity contribution in [1.82, 2.24) is 0 Å². The standard InChI is InChI=1S/C13H21N3O3/c1-5-10(6-2)14-13-11(16(18)19)7-8(3)9(4)12(13)15-17/h7,10,14-15,17H,5-6H2,1-4H3. The zero-order chi connectivity index (χ0) is 14.6. The SMILES string of the molecule is CCC(CC)Nc1c([N+](=O)[O-])cc(C)c(C)c1NO. The highest BCUT2D eigenvalue weighted by Crippen LogP contribution is 2.38. The summed E-state index contributed by atoms with van der Waals surface area (Å²) in [5.74, 6) is 0. The second-order valence-corrected chi connectivity index (χ2v) is 4.61. The molecule has 0 spiro atoms. The second-order valence-electron chi connectivity index (χ2n) is 4.61. The van der Waals surface area contributed by atoms with Crippen LogP contribution in [0.2, 0.25) is 0 Å². The van der Waals surface area contributed by atoms with Crippen molar-refractivity contribution in [2.75, 3.05) is 10.8 Å². The van der Waals surface area contributed by atoms with E-state index in [-0.39, 0.29) is 11.7 Å². The highest BCUT2D eigenvalue weighted by Gasteiger charge is 2.23. The van der Waals surface area contributed by atoms with Crippen molar-refractivity contribution in [1.29, 1.82) is 0 Å². The topological polar surface area (TPSA) is 87.4 Å². The minimum absolute atomic E-state index is 0.0217. The summed E-state index contributed by atoms with van der Waals surface area (Å²) in [7, 11) is 0. The summed E-state index contributed by atoms with van der Waals surface area (Å²) < 4.78 is 0. The van der Waals surface area contributed by atoms with Gasteiger partial charge in [0.25, 0.3) is 5.69 Å². The zero-order valence-electron chi connectivity index (χ0n) is 11.8. The first-order chi connectivity index (χ1) is 8.96. The molecule has 6 heteroatoms. The van der Waals surface area contributed by atoms with Crippen LogP contribution in [0.4, 0.5) is 17.1 Å². The molecule has 0 unspecified atom stereocenters. The van der Waals surface area contributed by atoms with Crippen LogP contribution >= 0.6 is 0 Å². The van der Waals surface area contributed by atoms with E-state index >= 15 is 0 Å². The lowest BCUT2D eigenvalue weighted by atomic mass is 10.0. The van der Waals surface area contributed by atoms with Crippen LogP contribution in [-0.2, 0) is 0 Å². The van der Waals surface area contributed by atoms with E-state index < -0.39 is 4.92 Å². The fraction of sp³-hybridized carbons (Fsp3) is 0.538. The van der Waals surface area contributed by atoms with Crippen molar-refractivity contribution >= 4 is 17.1 Å². The van der Waals surface area contributed by atoms with E-state index in [0.29, 0.717) is 11.4 Å². The lowest BCUT2D eigenvalue weighted by molar-refractivity contribution is -0.384. The molecule has 0 atom stereocenters. The van der Waals surface area contributed by atoms with Crippen LogP contribution in [0.15, 0.2) is 6.07 Å². The van der Waals surface area contributed by atoms with E-state index in [0.717, 1.165) is 24.0 Å². The maximum absolute atomic E-state index is 11.2. The van der Waals surface area contributed by atoms with Crippen LogP contribution in [0.3, 0.4) is 0 Å². The van der Waals surface area contributed by atoms with Gasteiger partial charge in [0, 0.05) is 12.1 Å². The Morgan fingerprint density at radius 2 is 1.89 bits per heavy atom. The summed E-state index contributed by atoms with van der Waals surface area (Å²) in [6.07, 6.45) is 1.71. The summed E-state index contributed by atoms with van der Waals surface area (Å²) in [5.41, 5.74) is 4.35. The number of anilines is 2. The second kappa shape index (κ2) is 6.38. The lowest BCUT2D eigenvalue weighted by Gasteiger charge is -2.20. The van der Waals surface area contributed by atoms with Crippen LogP contribution < -0.4 is 10.8 Å². The summed E-state index contributed by atoms with van der Waals surface area (Å²) in [6.45, 7) is 7.62. The average molecular weight is 267 g/mol. The van der Waals surface area contributed by atoms with Crippen LogP contribution in [0.1, 0.15) is 37.8 Å². The monoisotopic (exact) mass is 267 g/mol. The minimum atomic E-state index is -0.433. The smallest absolute Gasteiger partial charge is 0.294 e. The van der Waals surface area contributed by atoms with Gasteiger partial charge in [0.2, 0.25) is 0 Å². The molecule has 0 aliphatic carbocycles. The summed E-state index contributed by atoms with van der Waals surface area (Å²) in [6, 6.07) is 1.66. The number of hydrogen-bond donors (Lipinski definition) is 3. The van der Waals surface area contributed by atoms with E-state index in [1.54, 1.807) is 6.92 Å². The van der Waals surface area contributed by atoms with E-state index in [9.17, 15) is 15.3 Å². The first-order valence-corrected chi connectivity index (χ1v) is 6.41. The van der Waals surface area contributed by atoms with Crippen LogP contribution in [0, 0.1) is 24.0 Å². The first-order valence-electron chi connectivity index (χ1n) is 6.41. The van der Waals surface area contributed by atoms with Crippen molar-refractivity contribution in [3.8, 4) is 0 Å². The van der Waals surface area contributed by atoms with Gasteiger partial charge in [0.1, 0.15) is 5.69 Å². The Morgan fingerprint density at radius 1 is 1.32 bits per heavy atom. The molecule has 0 aliphatic rings. The van der Waals surface area contributed by atoms with Gasteiger partial charge in [-0.3, -0.25) is 20.8 Å². The molecular weight excluding hydrogens is 246 g/mol. The van der Waals surface area contributed by atoms with Crippen molar-refractivity contribution in [3.63, 3.8) is 0 Å². The fourth-order valence-corrected chi connectivity index (χ4v) is 2.03. The molecule has 0 aliphatic heterocycles. The van der Waals surface area contributed by atoms with Crippen LogP contribution in [0.25, 0.3) is 0 Å². The Hall–Kier alpha value is -1.82. The average Bonchev–Trinajstić information content (AvgIpc) is 2.39. The largest absolute Gasteiger partial charge is 0.375 e. The van der Waals surface area contributed by atoms with Crippen LogP contribution in [-0.4, -0.2) is 16.2 Å². The van der Waals surface area contributed by atoms with Crippen molar-refractivity contribution in [2.45, 2.75) is 46.6 Å². The number of nitro benzene ring substituents is 1. The summed E-state index contributed by atoms with van der Waals surface area (Å²) >= 11 is 0. The third-order valence-corrected chi connectivity index (χ3v) is 3.47. The normalized spacial score (nSPS) is 10.6. The van der Waals surface area contributed by atoms with E-state index in [4.69, 9.17) is 0 Å². The number of rotatable bonds is 6. The maximum atomic E-state index is 11.2. The summed E-state index contributed by atoms with van der Waals surface area (Å²) in [5, 5.41) is 23.6. The Labute approximate surface area is 112 Å². The molecule has 1 rings (SSSR count). The van der Waals surface area contributed by atoms with E-state index in [1.807, 2.05) is 20.8 Å². The first kappa shape index (κ1) is 15.2. The third kappa shape index (κ3) is 3.14. The van der Waals surface area contributed by atoms with Gasteiger partial charge in [-0.15, -0.1) is 0 Å². The zero-order valence-corrected chi connectivity index (χ0v) is 11.8. The van der Waals surface area contributed by atoms with Gasteiger partial charge in [-0.25, -0.2) is 0 Å². The molecule has 0 amide bonds. The van der Waals surface area contributed by atoms with Crippen molar-refractivity contribution in [3.05, 3.63) is 27.3 Å². The van der Waals surface area contributed by atoms with E-state index in [1.165, 1.54) is 6.07 Å². The Bertz CT molecular complexity index is 471. The number of nitrogens with one attached hydrogen (secondary N) is 2. The van der Waals surface area contributed by atoms with Gasteiger partial charge in [0.15, 0.2) is 0 Å². The molecule has 0 fully saturated rings. The Morgan fingerprint density at radius 3 is 2.32 bits per heavy atom. The molecule has 3 N–H and O–H groups in total. The Balaban J connectivity index is 3.39. The molecule has 0 saturated heterocycles. The number of benzene rings is 1. The number of aryl methyl sites for hydroxylation is 1. The fourth-order valence-electron chi connectivity index (χ4n) is 2.03. The number of hydrogen-bond acceptors (Lipinski definition) is 5. The van der Waals surface area contributed by atoms with Gasteiger partial charge in [-0.05, 0) is 37.8 Å². The van der Waals surface area contributed by atoms with Gasteiger partial charge in [-0.1, -0.05) is 13.8 Å². The molecule has 0 saturated carbocycles. The quantitative estimate of drug-likeness (QED) is 0.541.